The van der Waals surface area contributed by atoms with Gasteiger partial charge in [-0.2, -0.15) is 0 Å². The lowest BCUT2D eigenvalue weighted by Gasteiger charge is -2.04. The van der Waals surface area contributed by atoms with Gasteiger partial charge in [0.2, 0.25) is 0 Å². The Morgan fingerprint density at radius 3 is 2.70 bits per heavy atom. The van der Waals surface area contributed by atoms with Gasteiger partial charge in [-0.15, -0.1) is 0 Å². The van der Waals surface area contributed by atoms with Crippen molar-refractivity contribution in [2.45, 2.75) is 13.3 Å². The highest BCUT2D eigenvalue weighted by Crippen LogP contribution is 2.00. The first kappa shape index (κ1) is 9.17. The maximum atomic E-state index is 9.94. The molecule has 0 rings (SSSR count). The Kier molecular flexibility index (Phi) is 5.77. The van der Waals surface area contributed by atoms with E-state index in [-0.39, 0.29) is 6.79 Å². The van der Waals surface area contributed by atoms with E-state index in [2.05, 4.69) is 4.74 Å². The summed E-state index contributed by atoms with van der Waals surface area (Å²) in [5.74, 6) is 0.650. The van der Waals surface area contributed by atoms with Crippen molar-refractivity contribution in [3.8, 4) is 0 Å². The van der Waals surface area contributed by atoms with Crippen LogP contribution >= 0.6 is 0 Å². The van der Waals surface area contributed by atoms with Gasteiger partial charge in [0.05, 0.1) is 0 Å². The van der Waals surface area contributed by atoms with Crippen LogP contribution in [0.25, 0.3) is 0 Å². The molecule has 0 aromatic carbocycles. The lowest BCUT2D eigenvalue weighted by molar-refractivity contribution is -0.104. The summed E-state index contributed by atoms with van der Waals surface area (Å²) in [7, 11) is 1.54. The molecule has 0 aromatic rings. The molecule has 10 heavy (non-hydrogen) atoms. The van der Waals surface area contributed by atoms with Crippen LogP contribution in [0.5, 0.6) is 0 Å². The van der Waals surface area contributed by atoms with Gasteiger partial charge in [-0.1, -0.05) is 6.92 Å². The van der Waals surface area contributed by atoms with Crippen molar-refractivity contribution >= 4 is 6.29 Å². The Hall–Kier alpha value is -0.830. The Morgan fingerprint density at radius 1 is 1.60 bits per heavy atom. The predicted molar refractivity (Wildman–Crippen MR) is 37.4 cm³/mol. The van der Waals surface area contributed by atoms with Crippen molar-refractivity contribution in [2.24, 2.45) is 0 Å². The van der Waals surface area contributed by atoms with Gasteiger partial charge in [-0.3, -0.25) is 4.79 Å². The molecule has 3 nitrogen and oxygen atoms in total. The first-order valence-corrected chi connectivity index (χ1v) is 3.11. The molecule has 58 valence electrons. The second-order valence-corrected chi connectivity index (χ2v) is 1.67. The maximum Gasteiger partial charge on any atom is 0.188 e. The number of methoxy groups -OCH3 is 1. The lowest BCUT2D eigenvalue weighted by atomic mass is 10.4. The molecular weight excluding hydrogens is 132 g/mol. The number of carbonyl (C=O) groups excluding carboxylic acids is 1. The summed E-state index contributed by atoms with van der Waals surface area (Å²) in [5, 5.41) is 0. The Morgan fingerprint density at radius 2 is 2.30 bits per heavy atom. The van der Waals surface area contributed by atoms with Gasteiger partial charge in [0.15, 0.2) is 6.79 Å². The molecule has 0 aliphatic rings. The monoisotopic (exact) mass is 144 g/mol. The molecular formula is C7H12O3. The van der Waals surface area contributed by atoms with E-state index < -0.39 is 0 Å². The Labute approximate surface area is 60.6 Å². The molecule has 0 unspecified atom stereocenters. The topological polar surface area (TPSA) is 35.5 Å². The highest BCUT2D eigenvalue weighted by atomic mass is 16.7. The van der Waals surface area contributed by atoms with Crippen LogP contribution in [-0.4, -0.2) is 20.2 Å². The molecule has 0 spiro atoms. The fourth-order valence-corrected chi connectivity index (χ4v) is 0.479. The van der Waals surface area contributed by atoms with E-state index >= 15 is 0 Å². The first-order chi connectivity index (χ1) is 4.85. The van der Waals surface area contributed by atoms with Gasteiger partial charge in [0.1, 0.15) is 12.0 Å². The number of allylic oxidation sites excluding steroid dienone is 2. The van der Waals surface area contributed by atoms with Crippen LogP contribution in [0.4, 0.5) is 0 Å². The van der Waals surface area contributed by atoms with E-state index in [4.69, 9.17) is 4.74 Å². The van der Waals surface area contributed by atoms with Crippen molar-refractivity contribution in [3.63, 3.8) is 0 Å². The highest BCUT2D eigenvalue weighted by molar-refractivity contribution is 5.65. The van der Waals surface area contributed by atoms with Crippen molar-refractivity contribution in [1.82, 2.24) is 0 Å². The zero-order valence-corrected chi connectivity index (χ0v) is 6.29. The van der Waals surface area contributed by atoms with Crippen LogP contribution in [-0.2, 0) is 14.3 Å². The minimum atomic E-state index is 0.202. The highest BCUT2D eigenvalue weighted by Gasteiger charge is 1.91. The molecule has 3 heteroatoms. The molecule has 0 heterocycles. The summed E-state index contributed by atoms with van der Waals surface area (Å²) < 4.78 is 9.63. The van der Waals surface area contributed by atoms with Gasteiger partial charge in [-0.25, -0.2) is 0 Å². The maximum absolute atomic E-state index is 9.94. The number of aldehydes is 1. The van der Waals surface area contributed by atoms with Crippen LogP contribution in [0.2, 0.25) is 0 Å². The molecule has 0 bridgehead atoms. The van der Waals surface area contributed by atoms with Gasteiger partial charge >= 0.3 is 0 Å². The van der Waals surface area contributed by atoms with Crippen molar-refractivity contribution in [2.75, 3.05) is 13.9 Å². The van der Waals surface area contributed by atoms with Crippen molar-refractivity contribution in [1.29, 1.82) is 0 Å². The van der Waals surface area contributed by atoms with Crippen LogP contribution in [0, 0.1) is 0 Å². The van der Waals surface area contributed by atoms with E-state index in [0.29, 0.717) is 18.5 Å². The smallest absolute Gasteiger partial charge is 0.188 e. The number of rotatable bonds is 5. The predicted octanol–water partition coefficient (Wildman–Crippen LogP) is 1.10. The number of hydrogen-bond donors (Lipinski definition) is 0. The average Bonchev–Trinajstić information content (AvgIpc) is 1.98. The largest absolute Gasteiger partial charge is 0.472 e. The van der Waals surface area contributed by atoms with Gasteiger partial charge in [0, 0.05) is 19.6 Å². The van der Waals surface area contributed by atoms with Crippen molar-refractivity contribution in [3.05, 3.63) is 11.8 Å². The standard InChI is InChI=1S/C7H12O3/c1-3-7(4-5-8)10-6-9-2/h4-5H,3,6H2,1-2H3/b7-4-. The summed E-state index contributed by atoms with van der Waals surface area (Å²) in [5.41, 5.74) is 0. The molecule has 0 saturated heterocycles. The van der Waals surface area contributed by atoms with Gasteiger partial charge in [-0.05, 0) is 0 Å². The summed E-state index contributed by atoms with van der Waals surface area (Å²) in [6.07, 6.45) is 2.80. The average molecular weight is 144 g/mol. The van der Waals surface area contributed by atoms with E-state index in [9.17, 15) is 4.79 Å². The molecule has 0 aliphatic carbocycles. The molecule has 0 radical (unpaired) electrons. The molecule has 0 amide bonds. The second kappa shape index (κ2) is 6.29. The summed E-state index contributed by atoms with van der Waals surface area (Å²) in [6, 6.07) is 0. The van der Waals surface area contributed by atoms with Crippen LogP contribution < -0.4 is 0 Å². The lowest BCUT2D eigenvalue weighted by Crippen LogP contribution is -1.95. The first-order valence-electron chi connectivity index (χ1n) is 3.11. The zero-order chi connectivity index (χ0) is 7.82. The number of hydrogen-bond acceptors (Lipinski definition) is 3. The summed E-state index contributed by atoms with van der Waals surface area (Å²) in [6.45, 7) is 2.11. The SMILES string of the molecule is CC/C(=C/C=O)OCOC. The summed E-state index contributed by atoms with van der Waals surface area (Å²) >= 11 is 0. The molecule has 0 aliphatic heterocycles. The minimum Gasteiger partial charge on any atom is -0.472 e. The fourth-order valence-electron chi connectivity index (χ4n) is 0.479. The quantitative estimate of drug-likeness (QED) is 0.251. The Bertz CT molecular complexity index is 118. The van der Waals surface area contributed by atoms with Crippen LogP contribution in [0.1, 0.15) is 13.3 Å². The third kappa shape index (κ3) is 4.09. The van der Waals surface area contributed by atoms with E-state index in [1.54, 1.807) is 0 Å². The third-order valence-corrected chi connectivity index (χ3v) is 0.965. The molecule has 0 saturated carbocycles. The Balaban J connectivity index is 3.59. The normalized spacial score (nSPS) is 11.2. The summed E-state index contributed by atoms with van der Waals surface area (Å²) in [4.78, 5) is 9.94. The van der Waals surface area contributed by atoms with Gasteiger partial charge in [0.25, 0.3) is 0 Å². The third-order valence-electron chi connectivity index (χ3n) is 0.965. The van der Waals surface area contributed by atoms with E-state index in [1.165, 1.54) is 13.2 Å². The molecule has 0 fully saturated rings. The minimum absolute atomic E-state index is 0.202. The van der Waals surface area contributed by atoms with Crippen molar-refractivity contribution < 1.29 is 14.3 Å². The second-order valence-electron chi connectivity index (χ2n) is 1.67. The van der Waals surface area contributed by atoms with E-state index in [1.807, 2.05) is 6.92 Å². The van der Waals surface area contributed by atoms with Gasteiger partial charge < -0.3 is 9.47 Å². The molecule has 0 N–H and O–H groups in total. The fraction of sp³-hybridized carbons (Fsp3) is 0.571. The number of ether oxygens (including phenoxy) is 2. The van der Waals surface area contributed by atoms with Crippen LogP contribution in [0.15, 0.2) is 11.8 Å². The molecule has 0 aromatic heterocycles. The van der Waals surface area contributed by atoms with Crippen LogP contribution in [0.3, 0.4) is 0 Å². The van der Waals surface area contributed by atoms with E-state index in [0.717, 1.165) is 0 Å². The number of carbonyl (C=O) groups is 1. The molecule has 0 atom stereocenters. The zero-order valence-electron chi connectivity index (χ0n) is 6.29.